The van der Waals surface area contributed by atoms with Gasteiger partial charge in [-0.15, -0.1) is 0 Å². The number of carbonyl (C=O) groups excluding carboxylic acids is 1. The average molecular weight is 517 g/mol. The van der Waals surface area contributed by atoms with Gasteiger partial charge in [0.2, 0.25) is 5.91 Å². The summed E-state index contributed by atoms with van der Waals surface area (Å²) < 4.78 is 6.42. The lowest BCUT2D eigenvalue weighted by molar-refractivity contribution is -0.151. The predicted molar refractivity (Wildman–Crippen MR) is 139 cm³/mol. The number of fused-ring (bicyclic) bond motifs is 1. The van der Waals surface area contributed by atoms with E-state index < -0.39 is 0 Å². The van der Waals surface area contributed by atoms with Gasteiger partial charge in [0.15, 0.2) is 0 Å². The molecule has 1 aliphatic heterocycles. The Morgan fingerprint density at radius 3 is 2.69 bits per heavy atom. The molecule has 0 spiro atoms. The van der Waals surface area contributed by atoms with Crippen LogP contribution in [0.15, 0.2) is 42.5 Å². The Morgan fingerprint density at radius 1 is 1.14 bits per heavy atom. The summed E-state index contributed by atoms with van der Waals surface area (Å²) in [5, 5.41) is 14.6. The number of hydrogen-bond acceptors (Lipinski definition) is 4. The summed E-state index contributed by atoms with van der Waals surface area (Å²) in [7, 11) is 1.83. The number of likely N-dealkylation sites (tertiary alicyclic amines) is 1. The monoisotopic (exact) mass is 516 g/mol. The van der Waals surface area contributed by atoms with Crippen molar-refractivity contribution in [3.8, 4) is 5.75 Å². The van der Waals surface area contributed by atoms with Gasteiger partial charge in [-0.05, 0) is 86.4 Å². The molecule has 1 amide bonds. The minimum atomic E-state index is -0.348. The molecule has 0 bridgehead atoms. The number of phenolic OH excluding ortho intramolecular Hbond substituents is 1. The van der Waals surface area contributed by atoms with E-state index in [9.17, 15) is 9.90 Å². The average Bonchev–Trinajstić information content (AvgIpc) is 3.65. The molecule has 1 heterocycles. The molecule has 3 atom stereocenters. The van der Waals surface area contributed by atoms with E-state index in [0.717, 1.165) is 62.4 Å². The van der Waals surface area contributed by atoms with Crippen LogP contribution in [0, 0.1) is 5.92 Å². The maximum Gasteiger partial charge on any atom is 0.224 e. The van der Waals surface area contributed by atoms with Crippen molar-refractivity contribution >= 4 is 29.1 Å². The highest BCUT2D eigenvalue weighted by Gasteiger charge is 2.59. The maximum atomic E-state index is 13.0. The quantitative estimate of drug-likeness (QED) is 0.520. The molecular formula is C28H34Cl2N2O3. The van der Waals surface area contributed by atoms with Gasteiger partial charge in [0.25, 0.3) is 0 Å². The van der Waals surface area contributed by atoms with E-state index in [0.29, 0.717) is 10.0 Å². The highest BCUT2D eigenvalue weighted by Crippen LogP contribution is 2.54. The van der Waals surface area contributed by atoms with Crippen LogP contribution in [0.4, 0.5) is 0 Å². The van der Waals surface area contributed by atoms with Gasteiger partial charge in [-0.2, -0.15) is 0 Å². The number of aromatic hydroxyl groups is 1. The lowest BCUT2D eigenvalue weighted by atomic mass is 9.55. The number of amides is 1. The molecule has 0 aromatic heterocycles. The van der Waals surface area contributed by atoms with Gasteiger partial charge < -0.3 is 20.1 Å². The van der Waals surface area contributed by atoms with Crippen molar-refractivity contribution in [2.45, 2.75) is 62.0 Å². The molecular weight excluding hydrogens is 483 g/mol. The highest BCUT2D eigenvalue weighted by atomic mass is 35.5. The topological polar surface area (TPSA) is 61.8 Å². The third-order valence-corrected chi connectivity index (χ3v) is 9.15. The standard InChI is InChI=1S/C28H34Cl2N2O3/c1-35-28-10-9-22(31-26(34)14-20-7-8-24(29)25(30)13-20)16-27(28,21-3-2-4-23(33)15-21)11-12-32(18-28)17-19-5-6-19/h2-4,7-8,13,15,19,22,33H,5-6,9-12,14,16-18H2,1H3,(H,31,34)/t22-,27+,28+/m1/s1. The molecule has 5 rings (SSSR count). The molecule has 2 aromatic carbocycles. The Hall–Kier alpha value is -1.79. The van der Waals surface area contributed by atoms with Gasteiger partial charge in [-0.1, -0.05) is 41.4 Å². The fourth-order valence-corrected chi connectivity index (χ4v) is 6.77. The maximum absolute atomic E-state index is 13.0. The minimum Gasteiger partial charge on any atom is -0.508 e. The number of carbonyl (C=O) groups is 1. The van der Waals surface area contributed by atoms with Crippen LogP contribution in [0.2, 0.25) is 10.0 Å². The van der Waals surface area contributed by atoms with Crippen molar-refractivity contribution in [2.75, 3.05) is 26.7 Å². The van der Waals surface area contributed by atoms with Gasteiger partial charge in [-0.25, -0.2) is 0 Å². The summed E-state index contributed by atoms with van der Waals surface area (Å²) in [4.78, 5) is 15.6. The smallest absolute Gasteiger partial charge is 0.224 e. The number of benzene rings is 2. The molecule has 188 valence electrons. The second-order valence-corrected chi connectivity index (χ2v) is 11.5. The van der Waals surface area contributed by atoms with Crippen molar-refractivity contribution in [3.05, 3.63) is 63.6 Å². The van der Waals surface area contributed by atoms with Crippen LogP contribution in [0.3, 0.4) is 0 Å². The Balaban J connectivity index is 1.38. The molecule has 35 heavy (non-hydrogen) atoms. The zero-order chi connectivity index (χ0) is 24.6. The fraction of sp³-hybridized carbons (Fsp3) is 0.536. The molecule has 2 saturated carbocycles. The lowest BCUT2D eigenvalue weighted by Gasteiger charge is -2.60. The minimum absolute atomic E-state index is 0.0180. The molecule has 7 heteroatoms. The Bertz CT molecular complexity index is 1090. The summed E-state index contributed by atoms with van der Waals surface area (Å²) in [5.74, 6) is 1.08. The van der Waals surface area contributed by atoms with Crippen LogP contribution in [0.25, 0.3) is 0 Å². The number of ether oxygens (including phenoxy) is 1. The Labute approximate surface area is 217 Å². The molecule has 2 aromatic rings. The SMILES string of the molecule is CO[C@]12CC[C@@H](NC(=O)Cc3ccc(Cl)c(Cl)c3)C[C@]1(c1cccc(O)c1)CCN(CC1CC1)C2. The van der Waals surface area contributed by atoms with Crippen LogP contribution in [-0.4, -0.2) is 54.3 Å². The molecule has 2 aliphatic carbocycles. The van der Waals surface area contributed by atoms with Gasteiger partial charge in [0.1, 0.15) is 5.75 Å². The first-order valence-corrected chi connectivity index (χ1v) is 13.4. The number of halogens is 2. The zero-order valence-corrected chi connectivity index (χ0v) is 21.7. The van der Waals surface area contributed by atoms with E-state index >= 15 is 0 Å². The van der Waals surface area contributed by atoms with E-state index in [4.69, 9.17) is 27.9 Å². The van der Waals surface area contributed by atoms with Gasteiger partial charge in [0, 0.05) is 31.7 Å². The molecule has 3 fully saturated rings. The number of methoxy groups -OCH3 is 1. The molecule has 0 unspecified atom stereocenters. The van der Waals surface area contributed by atoms with E-state index in [1.165, 1.54) is 12.8 Å². The van der Waals surface area contributed by atoms with Gasteiger partial charge in [-0.3, -0.25) is 4.79 Å². The second kappa shape index (κ2) is 9.93. The molecule has 1 saturated heterocycles. The van der Waals surface area contributed by atoms with E-state index in [1.54, 1.807) is 18.2 Å². The van der Waals surface area contributed by atoms with Crippen LogP contribution in [-0.2, 0) is 21.4 Å². The summed E-state index contributed by atoms with van der Waals surface area (Å²) in [5.41, 5.74) is 1.32. The first-order chi connectivity index (χ1) is 16.8. The summed E-state index contributed by atoms with van der Waals surface area (Å²) in [6.45, 7) is 3.03. The van der Waals surface area contributed by atoms with Crippen molar-refractivity contribution < 1.29 is 14.6 Å². The fourth-order valence-electron chi connectivity index (χ4n) is 6.45. The lowest BCUT2D eigenvalue weighted by Crippen LogP contribution is -2.68. The molecule has 5 nitrogen and oxygen atoms in total. The van der Waals surface area contributed by atoms with Crippen LogP contribution >= 0.6 is 23.2 Å². The Kier molecular flexibility index (Phi) is 7.06. The largest absolute Gasteiger partial charge is 0.508 e. The van der Waals surface area contributed by atoms with E-state index in [1.807, 2.05) is 25.3 Å². The molecule has 2 N–H and O–H groups in total. The number of rotatable bonds is 7. The number of nitrogens with one attached hydrogen (secondary N) is 1. The third kappa shape index (κ3) is 5.06. The normalized spacial score (nSPS) is 28.9. The molecule has 3 aliphatic rings. The number of piperidine rings is 1. The first-order valence-electron chi connectivity index (χ1n) is 12.6. The van der Waals surface area contributed by atoms with Gasteiger partial charge in [0.05, 0.1) is 22.1 Å². The predicted octanol–water partition coefficient (Wildman–Crippen LogP) is 5.35. The van der Waals surface area contributed by atoms with Gasteiger partial charge >= 0.3 is 0 Å². The van der Waals surface area contributed by atoms with Crippen molar-refractivity contribution in [1.29, 1.82) is 0 Å². The third-order valence-electron chi connectivity index (χ3n) is 8.41. The highest BCUT2D eigenvalue weighted by molar-refractivity contribution is 6.42. The van der Waals surface area contributed by atoms with Crippen LogP contribution in [0.1, 0.15) is 49.7 Å². The molecule has 0 radical (unpaired) electrons. The van der Waals surface area contributed by atoms with E-state index in [-0.39, 0.29) is 35.1 Å². The second-order valence-electron chi connectivity index (χ2n) is 10.7. The van der Waals surface area contributed by atoms with E-state index in [2.05, 4.69) is 16.3 Å². The summed E-state index contributed by atoms with van der Waals surface area (Å²) in [6, 6.07) is 13.0. The van der Waals surface area contributed by atoms with Crippen LogP contribution < -0.4 is 5.32 Å². The van der Waals surface area contributed by atoms with Crippen molar-refractivity contribution in [3.63, 3.8) is 0 Å². The number of hydrogen-bond donors (Lipinski definition) is 2. The first kappa shape index (κ1) is 24.9. The van der Waals surface area contributed by atoms with Crippen molar-refractivity contribution in [1.82, 2.24) is 10.2 Å². The summed E-state index contributed by atoms with van der Waals surface area (Å²) >= 11 is 12.2. The van der Waals surface area contributed by atoms with Crippen molar-refractivity contribution in [2.24, 2.45) is 5.92 Å². The number of phenols is 1. The summed E-state index contributed by atoms with van der Waals surface area (Å²) in [6.07, 6.45) is 6.38. The number of nitrogens with zero attached hydrogens (tertiary/aromatic N) is 1. The van der Waals surface area contributed by atoms with Crippen LogP contribution in [0.5, 0.6) is 5.75 Å². The zero-order valence-electron chi connectivity index (χ0n) is 20.2. The Morgan fingerprint density at radius 2 is 1.97 bits per heavy atom.